The van der Waals surface area contributed by atoms with Crippen LogP contribution < -0.4 is 5.32 Å². The van der Waals surface area contributed by atoms with Gasteiger partial charge in [0.15, 0.2) is 0 Å². The van der Waals surface area contributed by atoms with E-state index >= 15 is 0 Å². The Morgan fingerprint density at radius 1 is 1.28 bits per heavy atom. The highest BCUT2D eigenvalue weighted by Crippen LogP contribution is 2.23. The first-order valence-corrected chi connectivity index (χ1v) is 9.83. The van der Waals surface area contributed by atoms with E-state index in [2.05, 4.69) is 16.5 Å². The highest BCUT2D eigenvalue weighted by molar-refractivity contribution is 5.95. The van der Waals surface area contributed by atoms with Crippen molar-refractivity contribution in [2.24, 2.45) is 5.92 Å². The summed E-state index contributed by atoms with van der Waals surface area (Å²) < 4.78 is 7.07. The highest BCUT2D eigenvalue weighted by Gasteiger charge is 2.33. The number of rotatable bonds is 4. The molecule has 2 aliphatic heterocycles. The summed E-state index contributed by atoms with van der Waals surface area (Å²) in [5.41, 5.74) is 1.69. The Bertz CT molecular complexity index is 942. The lowest BCUT2D eigenvalue weighted by Crippen LogP contribution is -2.47. The summed E-state index contributed by atoms with van der Waals surface area (Å²) in [6.07, 6.45) is 3.54. The first-order chi connectivity index (χ1) is 14.2. The lowest BCUT2D eigenvalue weighted by molar-refractivity contribution is -0.126. The molecule has 150 valence electrons. The molecule has 0 aliphatic carbocycles. The fourth-order valence-electron chi connectivity index (χ4n) is 3.86. The van der Waals surface area contributed by atoms with Crippen LogP contribution >= 0.6 is 0 Å². The number of hydrogen-bond acceptors (Lipinski definition) is 5. The second kappa shape index (κ2) is 8.45. The summed E-state index contributed by atoms with van der Waals surface area (Å²) >= 11 is 0. The molecule has 8 nitrogen and oxygen atoms in total. The lowest BCUT2D eigenvalue weighted by Gasteiger charge is -2.33. The first kappa shape index (κ1) is 19.2. The van der Waals surface area contributed by atoms with Crippen molar-refractivity contribution in [3.05, 3.63) is 53.3 Å². The van der Waals surface area contributed by atoms with Gasteiger partial charge in [-0.3, -0.25) is 14.3 Å². The molecule has 2 aromatic rings. The number of nitriles is 1. The van der Waals surface area contributed by atoms with E-state index < -0.39 is 6.04 Å². The topological polar surface area (TPSA) is 100 Å². The van der Waals surface area contributed by atoms with Gasteiger partial charge < -0.3 is 15.0 Å². The summed E-state index contributed by atoms with van der Waals surface area (Å²) in [5.74, 6) is 0.0846. The minimum atomic E-state index is -0.573. The van der Waals surface area contributed by atoms with Crippen molar-refractivity contribution < 1.29 is 14.3 Å². The summed E-state index contributed by atoms with van der Waals surface area (Å²) in [6.45, 7) is 2.69. The highest BCUT2D eigenvalue weighted by atomic mass is 16.5. The van der Waals surface area contributed by atoms with Crippen LogP contribution in [0, 0.1) is 17.2 Å². The molecule has 0 saturated carbocycles. The van der Waals surface area contributed by atoms with Gasteiger partial charge in [-0.2, -0.15) is 10.4 Å². The van der Waals surface area contributed by atoms with Gasteiger partial charge in [-0.05, 0) is 43.0 Å². The molecule has 1 fully saturated rings. The van der Waals surface area contributed by atoms with Crippen molar-refractivity contribution in [3.63, 3.8) is 0 Å². The lowest BCUT2D eigenvalue weighted by atomic mass is 10.0. The molecule has 8 heteroatoms. The zero-order valence-electron chi connectivity index (χ0n) is 16.1. The number of carbonyl (C=O) groups is 2. The van der Waals surface area contributed by atoms with Crippen molar-refractivity contribution in [2.45, 2.75) is 25.4 Å². The predicted octanol–water partition coefficient (Wildman–Crippen LogP) is 1.49. The Morgan fingerprint density at radius 3 is 2.90 bits per heavy atom. The minimum Gasteiger partial charge on any atom is -0.381 e. The van der Waals surface area contributed by atoms with Crippen LogP contribution in [0.15, 0.2) is 36.5 Å². The number of fused-ring (bicyclic) bond motifs is 1. The van der Waals surface area contributed by atoms with E-state index in [0.717, 1.165) is 31.7 Å². The molecule has 0 spiro atoms. The molecular weight excluding hydrogens is 370 g/mol. The molecule has 1 saturated heterocycles. The molecule has 1 aromatic heterocycles. The third kappa shape index (κ3) is 4.15. The number of nitrogens with one attached hydrogen (secondary N) is 1. The SMILES string of the molecule is N#Cc1cccc(C(=O)N2Cc3ccnn3C(C(=O)NCC3CCOCC3)C2)c1. The van der Waals surface area contributed by atoms with Crippen molar-refractivity contribution in [1.82, 2.24) is 20.0 Å². The summed E-state index contributed by atoms with van der Waals surface area (Å²) in [6, 6.07) is 9.93. The van der Waals surface area contributed by atoms with Gasteiger partial charge in [-0.15, -0.1) is 0 Å². The minimum absolute atomic E-state index is 0.135. The van der Waals surface area contributed by atoms with E-state index in [1.165, 1.54) is 0 Å². The monoisotopic (exact) mass is 393 g/mol. The van der Waals surface area contributed by atoms with Gasteiger partial charge in [0.05, 0.1) is 30.4 Å². The molecule has 2 amide bonds. The number of hydrogen-bond donors (Lipinski definition) is 1. The number of aromatic nitrogens is 2. The van der Waals surface area contributed by atoms with Crippen LogP contribution in [-0.4, -0.2) is 52.8 Å². The predicted molar refractivity (Wildman–Crippen MR) is 104 cm³/mol. The fourth-order valence-corrected chi connectivity index (χ4v) is 3.86. The van der Waals surface area contributed by atoms with Crippen LogP contribution in [0.1, 0.15) is 40.5 Å². The molecule has 0 radical (unpaired) electrons. The van der Waals surface area contributed by atoms with E-state index in [9.17, 15) is 9.59 Å². The van der Waals surface area contributed by atoms with E-state index in [1.807, 2.05) is 6.07 Å². The van der Waals surface area contributed by atoms with Gasteiger partial charge in [-0.1, -0.05) is 6.07 Å². The third-order valence-electron chi connectivity index (χ3n) is 5.53. The molecule has 1 unspecified atom stereocenters. The van der Waals surface area contributed by atoms with Gasteiger partial charge in [0, 0.05) is 31.5 Å². The maximum absolute atomic E-state index is 13.0. The maximum atomic E-state index is 13.0. The van der Waals surface area contributed by atoms with E-state index in [4.69, 9.17) is 10.00 Å². The third-order valence-corrected chi connectivity index (χ3v) is 5.53. The molecule has 1 N–H and O–H groups in total. The molecule has 4 rings (SSSR count). The Morgan fingerprint density at radius 2 is 2.10 bits per heavy atom. The number of carbonyl (C=O) groups excluding carboxylic acids is 2. The Labute approximate surface area is 169 Å². The largest absolute Gasteiger partial charge is 0.381 e. The van der Waals surface area contributed by atoms with Gasteiger partial charge in [0.2, 0.25) is 5.91 Å². The van der Waals surface area contributed by atoms with Crippen LogP contribution in [0.25, 0.3) is 0 Å². The second-order valence-electron chi connectivity index (χ2n) is 7.46. The molecule has 1 atom stereocenters. The number of benzene rings is 1. The Balaban J connectivity index is 1.48. The molecule has 29 heavy (non-hydrogen) atoms. The Kier molecular flexibility index (Phi) is 5.58. The van der Waals surface area contributed by atoms with Crippen molar-refractivity contribution >= 4 is 11.8 Å². The fraction of sp³-hybridized carbons (Fsp3) is 0.429. The maximum Gasteiger partial charge on any atom is 0.254 e. The number of amides is 2. The normalized spacial score (nSPS) is 19.3. The van der Waals surface area contributed by atoms with Crippen LogP contribution in [0.2, 0.25) is 0 Å². The molecule has 3 heterocycles. The van der Waals surface area contributed by atoms with Crippen LogP contribution in [0.5, 0.6) is 0 Å². The molecule has 0 bridgehead atoms. The number of ether oxygens (including phenoxy) is 1. The Hall–Kier alpha value is -3.18. The summed E-state index contributed by atoms with van der Waals surface area (Å²) in [4.78, 5) is 27.6. The summed E-state index contributed by atoms with van der Waals surface area (Å²) in [5, 5.41) is 16.4. The van der Waals surface area contributed by atoms with Gasteiger partial charge in [-0.25, -0.2) is 0 Å². The van der Waals surface area contributed by atoms with Crippen LogP contribution in [0.4, 0.5) is 0 Å². The zero-order valence-corrected chi connectivity index (χ0v) is 16.1. The van der Waals surface area contributed by atoms with E-state index in [-0.39, 0.29) is 18.4 Å². The average molecular weight is 393 g/mol. The number of nitrogens with zero attached hydrogens (tertiary/aromatic N) is 4. The smallest absolute Gasteiger partial charge is 0.254 e. The average Bonchev–Trinajstić information content (AvgIpc) is 3.25. The van der Waals surface area contributed by atoms with Crippen molar-refractivity contribution in [3.8, 4) is 6.07 Å². The molecule has 2 aliphatic rings. The zero-order chi connectivity index (χ0) is 20.2. The van der Waals surface area contributed by atoms with E-state index in [1.54, 1.807) is 40.0 Å². The standard InChI is InChI=1S/C21H23N5O3/c22-11-16-2-1-3-17(10-16)21(28)25-13-18-4-7-24-26(18)19(14-25)20(27)23-12-15-5-8-29-9-6-15/h1-4,7,10,15,19H,5-6,8-9,12-14H2,(H,23,27). The van der Waals surface area contributed by atoms with Gasteiger partial charge in [0.25, 0.3) is 5.91 Å². The first-order valence-electron chi connectivity index (χ1n) is 9.83. The van der Waals surface area contributed by atoms with Crippen LogP contribution in [0.3, 0.4) is 0 Å². The van der Waals surface area contributed by atoms with Gasteiger partial charge in [0.1, 0.15) is 6.04 Å². The quantitative estimate of drug-likeness (QED) is 0.848. The van der Waals surface area contributed by atoms with E-state index in [0.29, 0.717) is 30.1 Å². The molecule has 1 aromatic carbocycles. The van der Waals surface area contributed by atoms with Crippen molar-refractivity contribution in [2.75, 3.05) is 26.3 Å². The molecular formula is C21H23N5O3. The van der Waals surface area contributed by atoms with Crippen molar-refractivity contribution in [1.29, 1.82) is 5.26 Å². The van der Waals surface area contributed by atoms with Gasteiger partial charge >= 0.3 is 0 Å². The summed E-state index contributed by atoms with van der Waals surface area (Å²) in [7, 11) is 0. The second-order valence-corrected chi connectivity index (χ2v) is 7.46. The van der Waals surface area contributed by atoms with Crippen LogP contribution in [-0.2, 0) is 16.1 Å².